The Morgan fingerprint density at radius 3 is 2.74 bits per heavy atom. The van der Waals surface area contributed by atoms with Crippen LogP contribution in [0.2, 0.25) is 0 Å². The Bertz CT molecular complexity index is 600. The summed E-state index contributed by atoms with van der Waals surface area (Å²) >= 11 is 11.1. The quantitative estimate of drug-likeness (QED) is 0.710. The number of fused-ring (bicyclic) bond motifs is 1. The predicted octanol–water partition coefficient (Wildman–Crippen LogP) is 4.99. The molecule has 0 saturated carbocycles. The highest BCUT2D eigenvalue weighted by atomic mass is 79.9. The molecule has 0 amide bonds. The highest BCUT2D eigenvalue weighted by molar-refractivity contribution is 9.10. The number of imidazole rings is 1. The zero-order chi connectivity index (χ0) is 14.2. The Hall–Kier alpha value is -0.260. The van der Waals surface area contributed by atoms with E-state index in [-0.39, 0.29) is 11.2 Å². The second-order valence-electron chi connectivity index (χ2n) is 4.50. The van der Waals surface area contributed by atoms with Gasteiger partial charge in [-0.3, -0.25) is 0 Å². The van der Waals surface area contributed by atoms with Gasteiger partial charge in [0, 0.05) is 17.9 Å². The van der Waals surface area contributed by atoms with Crippen molar-refractivity contribution in [3.63, 3.8) is 0 Å². The summed E-state index contributed by atoms with van der Waals surface area (Å²) in [6, 6.07) is 3.22. The summed E-state index contributed by atoms with van der Waals surface area (Å²) in [4.78, 5) is 4.53. The molecule has 0 radical (unpaired) electrons. The summed E-state index contributed by atoms with van der Waals surface area (Å²) in [5.41, 5.74) is 1.56. The highest BCUT2D eigenvalue weighted by Gasteiger charge is 2.18. The van der Waals surface area contributed by atoms with E-state index in [2.05, 4.69) is 34.1 Å². The minimum absolute atomic E-state index is 0.205. The number of aromatic nitrogens is 2. The van der Waals surface area contributed by atoms with Crippen molar-refractivity contribution >= 4 is 50.3 Å². The minimum Gasteiger partial charge on any atom is -0.326 e. The molecule has 0 fully saturated rings. The van der Waals surface area contributed by atoms with Crippen LogP contribution in [-0.4, -0.2) is 21.1 Å². The first kappa shape index (κ1) is 15.1. The van der Waals surface area contributed by atoms with Gasteiger partial charge in [0.1, 0.15) is 11.6 Å². The zero-order valence-electron chi connectivity index (χ0n) is 11.0. The molecule has 1 heterocycles. The number of benzene rings is 1. The van der Waals surface area contributed by atoms with Crippen molar-refractivity contribution in [3.05, 3.63) is 28.2 Å². The van der Waals surface area contributed by atoms with E-state index in [0.29, 0.717) is 9.72 Å². The first-order valence-electron chi connectivity index (χ1n) is 5.96. The van der Waals surface area contributed by atoms with E-state index in [1.54, 1.807) is 17.8 Å². The number of hydrogen-bond donors (Lipinski definition) is 0. The molecular formula is C13H15BrClFN2S. The van der Waals surface area contributed by atoms with Crippen LogP contribution < -0.4 is 0 Å². The van der Waals surface area contributed by atoms with Crippen LogP contribution in [0.5, 0.6) is 0 Å². The fraction of sp³-hybridized carbons (Fsp3) is 0.462. The number of halogens is 3. The number of alkyl halides is 1. The third kappa shape index (κ3) is 3.09. The predicted molar refractivity (Wildman–Crippen MR) is 84.6 cm³/mol. The molecule has 2 rings (SSSR count). The maximum absolute atomic E-state index is 13.7. The van der Waals surface area contributed by atoms with Crippen molar-refractivity contribution in [1.29, 1.82) is 0 Å². The lowest BCUT2D eigenvalue weighted by molar-refractivity contribution is 0.619. The van der Waals surface area contributed by atoms with Crippen molar-refractivity contribution in [3.8, 4) is 0 Å². The molecule has 2 atom stereocenters. The summed E-state index contributed by atoms with van der Waals surface area (Å²) in [6.45, 7) is 4.79. The fourth-order valence-electron chi connectivity index (χ4n) is 1.97. The molecule has 1 aromatic carbocycles. The van der Waals surface area contributed by atoms with Gasteiger partial charge in [-0.15, -0.1) is 11.6 Å². The number of hydrogen-bond acceptors (Lipinski definition) is 2. The zero-order valence-corrected chi connectivity index (χ0v) is 14.1. The van der Waals surface area contributed by atoms with Crippen LogP contribution in [0, 0.1) is 5.82 Å². The minimum atomic E-state index is -0.278. The average Bonchev–Trinajstić information content (AvgIpc) is 2.68. The Balaban J connectivity index is 2.62. The summed E-state index contributed by atoms with van der Waals surface area (Å²) in [5, 5.41) is 0.210. The van der Waals surface area contributed by atoms with Gasteiger partial charge in [-0.2, -0.15) is 11.8 Å². The maximum atomic E-state index is 13.7. The van der Waals surface area contributed by atoms with Gasteiger partial charge < -0.3 is 4.57 Å². The van der Waals surface area contributed by atoms with Gasteiger partial charge in [0.25, 0.3) is 0 Å². The summed E-state index contributed by atoms with van der Waals surface area (Å²) in [6.07, 6.45) is 2.06. The Morgan fingerprint density at radius 1 is 1.47 bits per heavy atom. The lowest BCUT2D eigenvalue weighted by Gasteiger charge is -2.14. The highest BCUT2D eigenvalue weighted by Crippen LogP contribution is 2.29. The second kappa shape index (κ2) is 6.02. The second-order valence-corrected chi connectivity index (χ2v) is 7.28. The van der Waals surface area contributed by atoms with E-state index in [4.69, 9.17) is 11.6 Å². The molecule has 0 aliphatic carbocycles. The van der Waals surface area contributed by atoms with E-state index in [1.807, 2.05) is 11.5 Å². The van der Waals surface area contributed by atoms with Gasteiger partial charge in [0.15, 0.2) is 0 Å². The summed E-state index contributed by atoms with van der Waals surface area (Å²) in [7, 11) is 0. The first-order valence-corrected chi connectivity index (χ1v) is 8.47. The van der Waals surface area contributed by atoms with Gasteiger partial charge in [0.05, 0.1) is 20.9 Å². The van der Waals surface area contributed by atoms with Gasteiger partial charge in [-0.1, -0.05) is 6.92 Å². The molecule has 0 saturated heterocycles. The third-order valence-corrected chi connectivity index (χ3v) is 4.77. The smallest absolute Gasteiger partial charge is 0.139 e. The molecule has 0 aliphatic heterocycles. The molecule has 0 bridgehead atoms. The lowest BCUT2D eigenvalue weighted by Crippen LogP contribution is -2.12. The molecule has 19 heavy (non-hydrogen) atoms. The van der Waals surface area contributed by atoms with Crippen LogP contribution in [0.4, 0.5) is 4.39 Å². The third-order valence-electron chi connectivity index (χ3n) is 3.02. The van der Waals surface area contributed by atoms with E-state index < -0.39 is 0 Å². The molecule has 104 valence electrons. The first-order chi connectivity index (χ1) is 8.93. The van der Waals surface area contributed by atoms with Crippen molar-refractivity contribution in [2.75, 3.05) is 6.26 Å². The van der Waals surface area contributed by atoms with Crippen molar-refractivity contribution in [2.45, 2.75) is 31.0 Å². The molecule has 2 nitrogen and oxygen atoms in total. The largest absolute Gasteiger partial charge is 0.326 e. The van der Waals surface area contributed by atoms with Crippen LogP contribution >= 0.6 is 39.3 Å². The van der Waals surface area contributed by atoms with Crippen LogP contribution in [0.1, 0.15) is 25.0 Å². The van der Waals surface area contributed by atoms with Crippen molar-refractivity contribution in [1.82, 2.24) is 9.55 Å². The molecule has 6 heteroatoms. The van der Waals surface area contributed by atoms with Crippen molar-refractivity contribution < 1.29 is 4.39 Å². The topological polar surface area (TPSA) is 17.8 Å². The number of thioether (sulfide) groups is 1. The van der Waals surface area contributed by atoms with Crippen LogP contribution in [0.25, 0.3) is 11.0 Å². The molecular weight excluding hydrogens is 351 g/mol. The van der Waals surface area contributed by atoms with Gasteiger partial charge in [0.2, 0.25) is 0 Å². The molecule has 0 spiro atoms. The SMILES string of the molecule is CSC(C)Cn1c(C(C)Cl)nc2cc(Br)c(F)cc21. The maximum Gasteiger partial charge on any atom is 0.139 e. The van der Waals surface area contributed by atoms with E-state index in [9.17, 15) is 4.39 Å². The van der Waals surface area contributed by atoms with Gasteiger partial charge >= 0.3 is 0 Å². The molecule has 2 aromatic rings. The van der Waals surface area contributed by atoms with Crippen LogP contribution in [-0.2, 0) is 6.54 Å². The summed E-state index contributed by atoms with van der Waals surface area (Å²) < 4.78 is 16.2. The lowest BCUT2D eigenvalue weighted by atomic mass is 10.3. The van der Waals surface area contributed by atoms with E-state index in [1.165, 1.54) is 6.07 Å². The Labute approximate surface area is 129 Å². The van der Waals surface area contributed by atoms with Crippen LogP contribution in [0.15, 0.2) is 16.6 Å². The number of nitrogens with zero attached hydrogens (tertiary/aromatic N) is 2. The molecule has 0 aliphatic rings. The average molecular weight is 366 g/mol. The van der Waals surface area contributed by atoms with E-state index in [0.717, 1.165) is 23.4 Å². The van der Waals surface area contributed by atoms with Gasteiger partial charge in [-0.25, -0.2) is 9.37 Å². The molecule has 2 unspecified atom stereocenters. The Morgan fingerprint density at radius 2 is 2.16 bits per heavy atom. The van der Waals surface area contributed by atoms with Crippen LogP contribution in [0.3, 0.4) is 0 Å². The van der Waals surface area contributed by atoms with Gasteiger partial charge in [-0.05, 0) is 35.2 Å². The normalized spacial score (nSPS) is 14.8. The fourth-order valence-corrected chi connectivity index (χ4v) is 2.76. The summed E-state index contributed by atoms with van der Waals surface area (Å²) in [5.74, 6) is 0.509. The Kier molecular flexibility index (Phi) is 4.79. The van der Waals surface area contributed by atoms with Crippen molar-refractivity contribution in [2.24, 2.45) is 0 Å². The standard InChI is InChI=1S/C13H15BrClFN2S/c1-7(19-3)6-18-12-5-10(16)9(14)4-11(12)17-13(18)8(2)15/h4-5,7-8H,6H2,1-3H3. The molecule has 0 N–H and O–H groups in total. The molecule has 1 aromatic heterocycles. The monoisotopic (exact) mass is 364 g/mol. The number of rotatable bonds is 4. The van der Waals surface area contributed by atoms with E-state index >= 15 is 0 Å².